The minimum Gasteiger partial charge on any atom is -0.465 e. The number of hydrogen-bond acceptors (Lipinski definition) is 4. The van der Waals surface area contributed by atoms with Gasteiger partial charge in [-0.15, -0.1) is 0 Å². The Bertz CT molecular complexity index is 740. The van der Waals surface area contributed by atoms with E-state index < -0.39 is 11.8 Å². The first-order chi connectivity index (χ1) is 11.4. The van der Waals surface area contributed by atoms with Crippen LogP contribution in [-0.2, 0) is 16.0 Å². The third-order valence-corrected chi connectivity index (χ3v) is 3.63. The van der Waals surface area contributed by atoms with Gasteiger partial charge >= 0.3 is 5.97 Å². The zero-order valence-corrected chi connectivity index (χ0v) is 13.7. The maximum Gasteiger partial charge on any atom is 0.338 e. The molecule has 2 rings (SSSR count). The molecule has 0 bridgehead atoms. The molecule has 0 heterocycles. The molecule has 7 heteroatoms. The molecule has 0 aliphatic rings. The molecule has 24 heavy (non-hydrogen) atoms. The standard InChI is InChI=1S/C17H16ClFN2O3/c1-24-17(23)10-8-14(19)13(15(20)9-10)6-7-16(22)21-12-4-2-11(18)3-5-12/h2-5,8-9H,6-7,20H2,1H3,(H,21,22). The number of anilines is 2. The van der Waals surface area contributed by atoms with Crippen molar-refractivity contribution in [3.05, 3.63) is 58.4 Å². The van der Waals surface area contributed by atoms with Crippen LogP contribution in [0.2, 0.25) is 5.02 Å². The number of halogens is 2. The molecule has 0 aromatic heterocycles. The SMILES string of the molecule is COC(=O)c1cc(N)c(CCC(=O)Nc2ccc(Cl)cc2)c(F)c1. The van der Waals surface area contributed by atoms with Gasteiger partial charge in [0.1, 0.15) is 5.82 Å². The molecule has 1 amide bonds. The van der Waals surface area contributed by atoms with Crippen LogP contribution < -0.4 is 11.1 Å². The summed E-state index contributed by atoms with van der Waals surface area (Å²) in [5, 5.41) is 3.25. The highest BCUT2D eigenvalue weighted by Gasteiger charge is 2.15. The van der Waals surface area contributed by atoms with Crippen LogP contribution in [0.5, 0.6) is 0 Å². The highest BCUT2D eigenvalue weighted by atomic mass is 35.5. The van der Waals surface area contributed by atoms with E-state index in [0.717, 1.165) is 6.07 Å². The minimum atomic E-state index is -0.673. The smallest absolute Gasteiger partial charge is 0.338 e. The van der Waals surface area contributed by atoms with Crippen LogP contribution in [0.4, 0.5) is 15.8 Å². The predicted octanol–water partition coefficient (Wildman–Crippen LogP) is 3.42. The number of carbonyl (C=O) groups is 2. The molecular weight excluding hydrogens is 335 g/mol. The number of carbonyl (C=O) groups excluding carboxylic acids is 2. The Labute approximate surface area is 143 Å². The van der Waals surface area contributed by atoms with Crippen molar-refractivity contribution in [2.24, 2.45) is 0 Å². The first-order valence-corrected chi connectivity index (χ1v) is 7.50. The summed E-state index contributed by atoms with van der Waals surface area (Å²) >= 11 is 5.77. The number of benzene rings is 2. The van der Waals surface area contributed by atoms with Gasteiger partial charge in [-0.05, 0) is 42.8 Å². The van der Waals surface area contributed by atoms with Gasteiger partial charge in [-0.25, -0.2) is 9.18 Å². The van der Waals surface area contributed by atoms with Crippen LogP contribution in [0.15, 0.2) is 36.4 Å². The van der Waals surface area contributed by atoms with Gasteiger partial charge in [0.25, 0.3) is 0 Å². The van der Waals surface area contributed by atoms with E-state index >= 15 is 0 Å². The highest BCUT2D eigenvalue weighted by Crippen LogP contribution is 2.21. The molecule has 0 saturated carbocycles. The molecule has 0 spiro atoms. The average Bonchev–Trinajstić information content (AvgIpc) is 2.55. The van der Waals surface area contributed by atoms with Crippen LogP contribution in [-0.4, -0.2) is 19.0 Å². The Kier molecular flexibility index (Phi) is 5.76. The second-order valence-electron chi connectivity index (χ2n) is 5.07. The zero-order valence-electron chi connectivity index (χ0n) is 12.9. The van der Waals surface area contributed by atoms with Gasteiger partial charge in [-0.2, -0.15) is 0 Å². The molecule has 0 saturated heterocycles. The third-order valence-electron chi connectivity index (χ3n) is 3.38. The number of hydrogen-bond donors (Lipinski definition) is 2. The molecule has 126 valence electrons. The summed E-state index contributed by atoms with van der Waals surface area (Å²) in [4.78, 5) is 23.3. The van der Waals surface area contributed by atoms with Crippen LogP contribution in [0.25, 0.3) is 0 Å². The first-order valence-electron chi connectivity index (χ1n) is 7.12. The first kappa shape index (κ1) is 17.7. The van der Waals surface area contributed by atoms with E-state index in [1.54, 1.807) is 24.3 Å². The fourth-order valence-electron chi connectivity index (χ4n) is 2.15. The minimum absolute atomic E-state index is 0.0295. The van der Waals surface area contributed by atoms with E-state index in [0.29, 0.717) is 10.7 Å². The van der Waals surface area contributed by atoms with Crippen LogP contribution >= 0.6 is 11.6 Å². The van der Waals surface area contributed by atoms with Crippen molar-refractivity contribution in [2.75, 3.05) is 18.2 Å². The number of nitrogens with one attached hydrogen (secondary N) is 1. The average molecular weight is 351 g/mol. The Balaban J connectivity index is 2.02. The van der Waals surface area contributed by atoms with Crippen LogP contribution in [0, 0.1) is 5.82 Å². The lowest BCUT2D eigenvalue weighted by atomic mass is 10.0. The van der Waals surface area contributed by atoms with Crippen molar-refractivity contribution in [1.29, 1.82) is 0 Å². The summed E-state index contributed by atoms with van der Waals surface area (Å²) in [5.41, 5.74) is 6.70. The van der Waals surface area contributed by atoms with Gasteiger partial charge in [-0.1, -0.05) is 11.6 Å². The maximum absolute atomic E-state index is 14.1. The monoisotopic (exact) mass is 350 g/mol. The lowest BCUT2D eigenvalue weighted by molar-refractivity contribution is -0.116. The van der Waals surface area contributed by atoms with E-state index in [1.807, 2.05) is 0 Å². The third kappa shape index (κ3) is 4.45. The second kappa shape index (κ2) is 7.79. The van der Waals surface area contributed by atoms with Crippen molar-refractivity contribution < 1.29 is 18.7 Å². The molecule has 2 aromatic carbocycles. The lowest BCUT2D eigenvalue weighted by Crippen LogP contribution is -2.14. The van der Waals surface area contributed by atoms with Gasteiger partial charge in [0.15, 0.2) is 0 Å². The van der Waals surface area contributed by atoms with Crippen LogP contribution in [0.1, 0.15) is 22.3 Å². The molecule has 0 atom stereocenters. The lowest BCUT2D eigenvalue weighted by Gasteiger charge is -2.10. The van der Waals surface area contributed by atoms with E-state index in [9.17, 15) is 14.0 Å². The fraction of sp³-hybridized carbons (Fsp3) is 0.176. The molecular formula is C17H16ClFN2O3. The van der Waals surface area contributed by atoms with Crippen molar-refractivity contribution in [2.45, 2.75) is 12.8 Å². The number of methoxy groups -OCH3 is 1. The number of esters is 1. The largest absolute Gasteiger partial charge is 0.465 e. The fourth-order valence-corrected chi connectivity index (χ4v) is 2.28. The Morgan fingerprint density at radius 1 is 1.25 bits per heavy atom. The second-order valence-corrected chi connectivity index (χ2v) is 5.51. The van der Waals surface area contributed by atoms with Gasteiger partial charge in [0, 0.05) is 28.4 Å². The molecule has 0 aliphatic carbocycles. The van der Waals surface area contributed by atoms with Gasteiger partial charge in [-0.3, -0.25) is 4.79 Å². The predicted molar refractivity (Wildman–Crippen MR) is 90.6 cm³/mol. The summed E-state index contributed by atoms with van der Waals surface area (Å²) in [6.45, 7) is 0. The Morgan fingerprint density at radius 3 is 2.50 bits per heavy atom. The number of rotatable bonds is 5. The van der Waals surface area contributed by atoms with E-state index in [2.05, 4.69) is 10.1 Å². The van der Waals surface area contributed by atoms with Gasteiger partial charge in [0.05, 0.1) is 12.7 Å². The number of nitrogens with two attached hydrogens (primary N) is 1. The van der Waals surface area contributed by atoms with Crippen LogP contribution in [0.3, 0.4) is 0 Å². The number of ether oxygens (including phenoxy) is 1. The molecule has 5 nitrogen and oxygen atoms in total. The normalized spacial score (nSPS) is 10.3. The van der Waals surface area contributed by atoms with E-state index in [-0.39, 0.29) is 35.6 Å². The molecule has 0 aliphatic heterocycles. The number of nitrogen functional groups attached to an aromatic ring is 1. The summed E-state index contributed by atoms with van der Waals surface area (Å²) in [7, 11) is 1.20. The maximum atomic E-state index is 14.1. The molecule has 0 unspecified atom stereocenters. The molecule has 2 aromatic rings. The Hall–Kier alpha value is -2.60. The van der Waals surface area contributed by atoms with Crippen molar-refractivity contribution in [3.63, 3.8) is 0 Å². The highest BCUT2D eigenvalue weighted by molar-refractivity contribution is 6.30. The summed E-state index contributed by atoms with van der Waals surface area (Å²) < 4.78 is 18.6. The van der Waals surface area contributed by atoms with Crippen molar-refractivity contribution >= 4 is 34.9 Å². The quantitative estimate of drug-likeness (QED) is 0.639. The summed E-state index contributed by atoms with van der Waals surface area (Å²) in [6, 6.07) is 9.03. The zero-order chi connectivity index (χ0) is 17.7. The van der Waals surface area contributed by atoms with E-state index in [1.165, 1.54) is 13.2 Å². The van der Waals surface area contributed by atoms with Gasteiger partial charge < -0.3 is 15.8 Å². The van der Waals surface area contributed by atoms with Crippen molar-refractivity contribution in [3.8, 4) is 0 Å². The molecule has 0 radical (unpaired) electrons. The summed E-state index contributed by atoms with van der Waals surface area (Å²) in [5.74, 6) is -1.60. The van der Waals surface area contributed by atoms with E-state index in [4.69, 9.17) is 17.3 Å². The molecule has 0 fully saturated rings. The topological polar surface area (TPSA) is 81.4 Å². The molecule has 3 N–H and O–H groups in total. The van der Waals surface area contributed by atoms with Crippen molar-refractivity contribution in [1.82, 2.24) is 0 Å². The summed E-state index contributed by atoms with van der Waals surface area (Å²) in [6.07, 6.45) is 0.153. The Morgan fingerprint density at radius 2 is 1.92 bits per heavy atom. The number of amides is 1. The van der Waals surface area contributed by atoms with Gasteiger partial charge in [0.2, 0.25) is 5.91 Å².